The minimum Gasteiger partial charge on any atom is -0.355 e. The predicted octanol–water partition coefficient (Wildman–Crippen LogP) is 5.67. The number of pyridine rings is 2. The summed E-state index contributed by atoms with van der Waals surface area (Å²) in [5.41, 5.74) is 3.31. The Kier molecular flexibility index (Phi) is 5.46. The number of benzene rings is 2. The fraction of sp³-hybridized carbons (Fsp3) is 0.0870. The van der Waals surface area contributed by atoms with Crippen LogP contribution in [0.3, 0.4) is 0 Å². The molecule has 2 aromatic carbocycles. The number of hydrogen-bond donors (Lipinski definition) is 1. The minimum absolute atomic E-state index is 0.00168. The van der Waals surface area contributed by atoms with Crippen molar-refractivity contribution in [1.82, 2.24) is 9.97 Å². The lowest BCUT2D eigenvalue weighted by Gasteiger charge is -2.19. The van der Waals surface area contributed by atoms with E-state index in [1.165, 1.54) is 18.3 Å². The van der Waals surface area contributed by atoms with E-state index in [0.717, 1.165) is 16.8 Å². The van der Waals surface area contributed by atoms with E-state index in [1.54, 1.807) is 12.3 Å². The van der Waals surface area contributed by atoms with Crippen LogP contribution in [-0.4, -0.2) is 17.0 Å². The number of halogens is 2. The smallest absolute Gasteiger partial charge is 0.141 e. The molecule has 0 saturated heterocycles. The Balaban J connectivity index is 1.75. The highest BCUT2D eigenvalue weighted by Crippen LogP contribution is 2.32. The molecular formula is C23H17ClFN5. The van der Waals surface area contributed by atoms with Gasteiger partial charge in [0, 0.05) is 30.9 Å². The maximum Gasteiger partial charge on any atom is 0.141 e. The number of fused-ring (bicyclic) bond motifs is 1. The summed E-state index contributed by atoms with van der Waals surface area (Å²) in [4.78, 5) is 10.9. The first kappa shape index (κ1) is 19.6. The molecule has 0 fully saturated rings. The van der Waals surface area contributed by atoms with E-state index in [2.05, 4.69) is 33.5 Å². The molecule has 148 valence electrons. The number of nitriles is 1. The Morgan fingerprint density at radius 1 is 1.10 bits per heavy atom. The largest absolute Gasteiger partial charge is 0.355 e. The SMILES string of the molecule is CN(Cc1ccccc1)c1cc2c(Nc3ccc(F)c(Cl)c3)c(C#N)cnc2cn1. The van der Waals surface area contributed by atoms with Crippen LogP contribution >= 0.6 is 11.6 Å². The Bertz CT molecular complexity index is 1250. The van der Waals surface area contributed by atoms with Crippen LogP contribution in [0.5, 0.6) is 0 Å². The van der Waals surface area contributed by atoms with E-state index in [-0.39, 0.29) is 5.02 Å². The Labute approximate surface area is 178 Å². The monoisotopic (exact) mass is 417 g/mol. The maximum absolute atomic E-state index is 13.5. The van der Waals surface area contributed by atoms with Crippen molar-refractivity contribution in [2.45, 2.75) is 6.54 Å². The van der Waals surface area contributed by atoms with Crippen LogP contribution in [0.25, 0.3) is 10.9 Å². The molecule has 0 aliphatic carbocycles. The van der Waals surface area contributed by atoms with Crippen LogP contribution in [0.4, 0.5) is 21.6 Å². The molecular weight excluding hydrogens is 401 g/mol. The van der Waals surface area contributed by atoms with E-state index in [1.807, 2.05) is 36.2 Å². The number of nitrogens with zero attached hydrogens (tertiary/aromatic N) is 4. The second-order valence-electron chi connectivity index (χ2n) is 6.81. The molecule has 7 heteroatoms. The average molecular weight is 418 g/mol. The third-order valence-electron chi connectivity index (χ3n) is 4.70. The average Bonchev–Trinajstić information content (AvgIpc) is 2.77. The number of nitrogens with one attached hydrogen (secondary N) is 1. The predicted molar refractivity (Wildman–Crippen MR) is 117 cm³/mol. The van der Waals surface area contributed by atoms with Gasteiger partial charge in [0.1, 0.15) is 17.7 Å². The minimum atomic E-state index is -0.503. The molecule has 5 nitrogen and oxygen atoms in total. The maximum atomic E-state index is 13.5. The molecule has 0 aliphatic rings. The van der Waals surface area contributed by atoms with Crippen LogP contribution in [0, 0.1) is 17.1 Å². The van der Waals surface area contributed by atoms with Crippen molar-refractivity contribution < 1.29 is 4.39 Å². The molecule has 0 amide bonds. The van der Waals surface area contributed by atoms with E-state index in [9.17, 15) is 9.65 Å². The highest BCUT2D eigenvalue weighted by Gasteiger charge is 2.13. The van der Waals surface area contributed by atoms with Gasteiger partial charge in [-0.2, -0.15) is 5.26 Å². The first-order chi connectivity index (χ1) is 14.5. The van der Waals surface area contributed by atoms with Crippen molar-refractivity contribution in [3.63, 3.8) is 0 Å². The van der Waals surface area contributed by atoms with Crippen molar-refractivity contribution in [1.29, 1.82) is 5.26 Å². The molecule has 2 heterocycles. The van der Waals surface area contributed by atoms with Crippen molar-refractivity contribution >= 4 is 39.7 Å². The van der Waals surface area contributed by atoms with E-state index >= 15 is 0 Å². The van der Waals surface area contributed by atoms with Crippen molar-refractivity contribution in [2.75, 3.05) is 17.3 Å². The van der Waals surface area contributed by atoms with Crippen LogP contribution < -0.4 is 10.2 Å². The molecule has 1 N–H and O–H groups in total. The molecule has 4 aromatic rings. The van der Waals surface area contributed by atoms with Crippen molar-refractivity contribution in [2.24, 2.45) is 0 Å². The van der Waals surface area contributed by atoms with Gasteiger partial charge < -0.3 is 10.2 Å². The van der Waals surface area contributed by atoms with Gasteiger partial charge in [-0.15, -0.1) is 0 Å². The van der Waals surface area contributed by atoms with E-state index < -0.39 is 5.82 Å². The molecule has 4 rings (SSSR count). The van der Waals surface area contributed by atoms with E-state index in [0.29, 0.717) is 29.0 Å². The molecule has 0 saturated carbocycles. The zero-order chi connectivity index (χ0) is 21.1. The van der Waals surface area contributed by atoms with Crippen molar-refractivity contribution in [3.8, 4) is 6.07 Å². The van der Waals surface area contributed by atoms with Gasteiger partial charge in [0.25, 0.3) is 0 Å². The standard InChI is InChI=1S/C23H17ClFN5/c1-30(14-15-5-3-2-4-6-15)22-10-18-21(13-28-22)27-12-16(11-26)23(18)29-17-7-8-20(25)19(24)9-17/h2-10,12-13H,14H2,1H3,(H,27,29). The van der Waals surface area contributed by atoms with Gasteiger partial charge in [-0.25, -0.2) is 9.37 Å². The highest BCUT2D eigenvalue weighted by atomic mass is 35.5. The fourth-order valence-electron chi connectivity index (χ4n) is 3.17. The number of rotatable bonds is 5. The summed E-state index contributed by atoms with van der Waals surface area (Å²) in [5, 5.41) is 13.5. The number of anilines is 3. The molecule has 0 spiro atoms. The summed E-state index contributed by atoms with van der Waals surface area (Å²) in [5.74, 6) is 0.236. The topological polar surface area (TPSA) is 64.8 Å². The lowest BCUT2D eigenvalue weighted by molar-refractivity contribution is 0.628. The summed E-state index contributed by atoms with van der Waals surface area (Å²) < 4.78 is 13.5. The molecule has 0 unspecified atom stereocenters. The highest BCUT2D eigenvalue weighted by molar-refractivity contribution is 6.31. The van der Waals surface area contributed by atoms with Gasteiger partial charge in [-0.3, -0.25) is 4.98 Å². The van der Waals surface area contributed by atoms with Gasteiger partial charge in [0.15, 0.2) is 0 Å². The lowest BCUT2D eigenvalue weighted by atomic mass is 10.1. The van der Waals surface area contributed by atoms with Gasteiger partial charge in [0.05, 0.1) is 28.0 Å². The third-order valence-corrected chi connectivity index (χ3v) is 4.99. The Hall–Kier alpha value is -3.69. The summed E-state index contributed by atoms with van der Waals surface area (Å²) in [7, 11) is 1.95. The first-order valence-corrected chi connectivity index (χ1v) is 9.59. The number of aromatic nitrogens is 2. The van der Waals surface area contributed by atoms with Gasteiger partial charge >= 0.3 is 0 Å². The summed E-state index contributed by atoms with van der Waals surface area (Å²) >= 11 is 5.91. The van der Waals surface area contributed by atoms with Crippen LogP contribution in [-0.2, 0) is 6.54 Å². The van der Waals surface area contributed by atoms with Gasteiger partial charge in [0.2, 0.25) is 0 Å². The normalized spacial score (nSPS) is 10.6. The quantitative estimate of drug-likeness (QED) is 0.453. The Morgan fingerprint density at radius 3 is 2.63 bits per heavy atom. The fourth-order valence-corrected chi connectivity index (χ4v) is 3.35. The summed E-state index contributed by atoms with van der Waals surface area (Å²) in [6, 6.07) is 18.4. The Morgan fingerprint density at radius 2 is 1.90 bits per heavy atom. The van der Waals surface area contributed by atoms with Gasteiger partial charge in [-0.05, 0) is 29.8 Å². The zero-order valence-electron chi connectivity index (χ0n) is 16.1. The first-order valence-electron chi connectivity index (χ1n) is 9.21. The molecule has 0 atom stereocenters. The third kappa shape index (κ3) is 4.02. The second kappa shape index (κ2) is 8.36. The summed E-state index contributed by atoms with van der Waals surface area (Å²) in [6.45, 7) is 0.682. The van der Waals surface area contributed by atoms with E-state index in [4.69, 9.17) is 11.6 Å². The lowest BCUT2D eigenvalue weighted by Crippen LogP contribution is -2.17. The molecule has 0 aliphatic heterocycles. The number of hydrogen-bond acceptors (Lipinski definition) is 5. The molecule has 0 radical (unpaired) electrons. The van der Waals surface area contributed by atoms with Gasteiger partial charge in [-0.1, -0.05) is 41.9 Å². The zero-order valence-corrected chi connectivity index (χ0v) is 16.9. The molecule has 30 heavy (non-hydrogen) atoms. The summed E-state index contributed by atoms with van der Waals surface area (Å²) in [6.07, 6.45) is 3.17. The van der Waals surface area contributed by atoms with Crippen LogP contribution in [0.2, 0.25) is 5.02 Å². The molecule has 0 bridgehead atoms. The van der Waals surface area contributed by atoms with Crippen molar-refractivity contribution in [3.05, 3.63) is 89.0 Å². The van der Waals surface area contributed by atoms with Crippen LogP contribution in [0.1, 0.15) is 11.1 Å². The van der Waals surface area contributed by atoms with Crippen LogP contribution in [0.15, 0.2) is 67.0 Å². The molecule has 2 aromatic heterocycles. The second-order valence-corrected chi connectivity index (χ2v) is 7.22.